The number of aromatic nitrogens is 4. The van der Waals surface area contributed by atoms with Crippen molar-refractivity contribution in [3.05, 3.63) is 80.9 Å². The van der Waals surface area contributed by atoms with Crippen molar-refractivity contribution in [2.24, 2.45) is 0 Å². The summed E-state index contributed by atoms with van der Waals surface area (Å²) in [7, 11) is 0. The summed E-state index contributed by atoms with van der Waals surface area (Å²) in [5, 5.41) is 1.24. The molecule has 0 aliphatic carbocycles. The normalized spacial score (nSPS) is 11.3. The van der Waals surface area contributed by atoms with E-state index in [0.717, 1.165) is 54.8 Å². The van der Waals surface area contributed by atoms with E-state index in [1.807, 2.05) is 36.4 Å². The van der Waals surface area contributed by atoms with Gasteiger partial charge in [0.15, 0.2) is 0 Å². The van der Waals surface area contributed by atoms with Crippen molar-refractivity contribution in [1.82, 2.24) is 19.9 Å². The minimum Gasteiger partial charge on any atom is -0.310 e. The fourth-order valence-electron chi connectivity index (χ4n) is 3.27. The number of unbranched alkanes of at least 4 members (excludes halogenated alkanes) is 2. The van der Waals surface area contributed by atoms with Crippen LogP contribution in [0.2, 0.25) is 0 Å². The maximum absolute atomic E-state index is 12.1. The van der Waals surface area contributed by atoms with Gasteiger partial charge in [-0.1, -0.05) is 30.7 Å². The number of aromatic amines is 2. The van der Waals surface area contributed by atoms with Crippen molar-refractivity contribution in [2.75, 3.05) is 0 Å². The van der Waals surface area contributed by atoms with E-state index in [1.54, 1.807) is 12.1 Å². The molecular formula is C21H20N4O2. The number of hydrogen-bond acceptors (Lipinski definition) is 4. The molecule has 0 aliphatic rings. The first kappa shape index (κ1) is 17.1. The van der Waals surface area contributed by atoms with Crippen LogP contribution in [-0.2, 0) is 12.8 Å². The van der Waals surface area contributed by atoms with Crippen LogP contribution in [0.3, 0.4) is 0 Å². The van der Waals surface area contributed by atoms with E-state index in [0.29, 0.717) is 10.8 Å². The first-order valence-corrected chi connectivity index (χ1v) is 9.16. The molecule has 0 aliphatic heterocycles. The molecular weight excluding hydrogens is 340 g/mol. The van der Waals surface area contributed by atoms with Crippen LogP contribution in [0.5, 0.6) is 0 Å². The van der Waals surface area contributed by atoms with E-state index in [-0.39, 0.29) is 11.1 Å². The molecule has 0 saturated heterocycles. The van der Waals surface area contributed by atoms with Crippen molar-refractivity contribution in [3.63, 3.8) is 0 Å². The summed E-state index contributed by atoms with van der Waals surface area (Å²) < 4.78 is 0. The lowest BCUT2D eigenvalue weighted by Gasteiger charge is -2.04. The first-order chi connectivity index (χ1) is 13.2. The third kappa shape index (κ3) is 3.79. The Balaban J connectivity index is 1.34. The van der Waals surface area contributed by atoms with Crippen molar-refractivity contribution in [2.45, 2.75) is 32.1 Å². The topological polar surface area (TPSA) is 91.5 Å². The van der Waals surface area contributed by atoms with E-state index in [2.05, 4.69) is 19.9 Å². The maximum Gasteiger partial charge on any atom is 0.258 e. The fourth-order valence-corrected chi connectivity index (χ4v) is 3.27. The van der Waals surface area contributed by atoms with Crippen LogP contribution in [0, 0.1) is 0 Å². The molecule has 4 aromatic rings. The second-order valence-electron chi connectivity index (χ2n) is 6.62. The van der Waals surface area contributed by atoms with Gasteiger partial charge in [0, 0.05) is 12.8 Å². The predicted molar refractivity (Wildman–Crippen MR) is 106 cm³/mol. The molecule has 6 heteroatoms. The number of aryl methyl sites for hydroxylation is 2. The van der Waals surface area contributed by atoms with Crippen LogP contribution >= 0.6 is 0 Å². The molecule has 0 radical (unpaired) electrons. The Labute approximate surface area is 155 Å². The highest BCUT2D eigenvalue weighted by molar-refractivity contribution is 5.77. The summed E-state index contributed by atoms with van der Waals surface area (Å²) in [6.07, 6.45) is 4.24. The van der Waals surface area contributed by atoms with E-state index >= 15 is 0 Å². The lowest BCUT2D eigenvalue weighted by atomic mass is 10.1. The Morgan fingerprint density at radius 2 is 1.07 bits per heavy atom. The van der Waals surface area contributed by atoms with E-state index in [9.17, 15) is 9.59 Å². The van der Waals surface area contributed by atoms with Gasteiger partial charge in [-0.05, 0) is 37.1 Å². The van der Waals surface area contributed by atoms with E-state index < -0.39 is 0 Å². The molecule has 6 nitrogen and oxygen atoms in total. The largest absolute Gasteiger partial charge is 0.310 e. The lowest BCUT2D eigenvalue weighted by molar-refractivity contribution is 0.649. The fraction of sp³-hybridized carbons (Fsp3) is 0.238. The van der Waals surface area contributed by atoms with E-state index in [1.165, 1.54) is 0 Å². The van der Waals surface area contributed by atoms with Crippen LogP contribution in [0.4, 0.5) is 0 Å². The highest BCUT2D eigenvalue weighted by atomic mass is 16.1. The number of nitrogens with zero attached hydrogens (tertiary/aromatic N) is 2. The molecule has 0 unspecified atom stereocenters. The zero-order valence-electron chi connectivity index (χ0n) is 14.9. The van der Waals surface area contributed by atoms with Gasteiger partial charge >= 0.3 is 0 Å². The summed E-state index contributed by atoms with van der Waals surface area (Å²) in [4.78, 5) is 38.9. The smallest absolute Gasteiger partial charge is 0.258 e. The zero-order chi connectivity index (χ0) is 18.6. The SMILES string of the molecule is O=c1[nH]c(CCCCCc2nc3ccccc3c(=O)[nH]2)nc2ccccc12. The molecule has 2 N–H and O–H groups in total. The van der Waals surface area contributed by atoms with E-state index in [4.69, 9.17) is 0 Å². The van der Waals surface area contributed by atoms with Crippen LogP contribution < -0.4 is 11.1 Å². The second-order valence-corrected chi connectivity index (χ2v) is 6.62. The lowest BCUT2D eigenvalue weighted by Crippen LogP contribution is -2.12. The number of benzene rings is 2. The maximum atomic E-state index is 12.1. The summed E-state index contributed by atoms with van der Waals surface area (Å²) in [6.45, 7) is 0. The second kappa shape index (κ2) is 7.53. The van der Waals surface area contributed by atoms with Gasteiger partial charge in [-0.2, -0.15) is 0 Å². The molecule has 2 aromatic heterocycles. The van der Waals surface area contributed by atoms with Gasteiger partial charge in [0.2, 0.25) is 0 Å². The Kier molecular flexibility index (Phi) is 4.78. The highest BCUT2D eigenvalue weighted by Crippen LogP contribution is 2.10. The number of nitrogens with one attached hydrogen (secondary N) is 2. The predicted octanol–water partition coefficient (Wildman–Crippen LogP) is 3.12. The molecule has 0 spiro atoms. The summed E-state index contributed by atoms with van der Waals surface area (Å²) in [6, 6.07) is 14.7. The average Bonchev–Trinajstić information content (AvgIpc) is 2.68. The Morgan fingerprint density at radius 3 is 1.56 bits per heavy atom. The molecule has 4 rings (SSSR count). The van der Waals surface area contributed by atoms with Crippen LogP contribution in [0.1, 0.15) is 30.9 Å². The van der Waals surface area contributed by atoms with Crippen LogP contribution in [0.25, 0.3) is 21.8 Å². The Bertz CT molecular complexity index is 1110. The van der Waals surface area contributed by atoms with Crippen molar-refractivity contribution >= 4 is 21.8 Å². The minimum absolute atomic E-state index is 0.0893. The molecule has 2 aromatic carbocycles. The molecule has 0 bridgehead atoms. The molecule has 27 heavy (non-hydrogen) atoms. The van der Waals surface area contributed by atoms with Gasteiger partial charge in [-0.15, -0.1) is 0 Å². The minimum atomic E-state index is -0.0893. The summed E-state index contributed by atoms with van der Waals surface area (Å²) >= 11 is 0. The number of hydrogen-bond donors (Lipinski definition) is 2. The quantitative estimate of drug-likeness (QED) is 0.517. The summed E-state index contributed by atoms with van der Waals surface area (Å²) in [5.74, 6) is 1.44. The van der Waals surface area contributed by atoms with Crippen LogP contribution in [0.15, 0.2) is 58.1 Å². The molecule has 0 saturated carbocycles. The zero-order valence-corrected chi connectivity index (χ0v) is 14.9. The third-order valence-corrected chi connectivity index (χ3v) is 4.65. The van der Waals surface area contributed by atoms with Gasteiger partial charge in [-0.25, -0.2) is 9.97 Å². The number of H-pyrrole nitrogens is 2. The highest BCUT2D eigenvalue weighted by Gasteiger charge is 2.05. The van der Waals surface area contributed by atoms with Crippen molar-refractivity contribution in [1.29, 1.82) is 0 Å². The van der Waals surface area contributed by atoms with Crippen molar-refractivity contribution < 1.29 is 0 Å². The molecule has 0 fully saturated rings. The third-order valence-electron chi connectivity index (χ3n) is 4.65. The molecule has 136 valence electrons. The Hall–Kier alpha value is -3.28. The monoisotopic (exact) mass is 360 g/mol. The molecule has 2 heterocycles. The average molecular weight is 360 g/mol. The number of rotatable bonds is 6. The summed E-state index contributed by atoms with van der Waals surface area (Å²) in [5.41, 5.74) is 1.28. The van der Waals surface area contributed by atoms with Gasteiger partial charge in [0.25, 0.3) is 11.1 Å². The van der Waals surface area contributed by atoms with Gasteiger partial charge in [0.05, 0.1) is 21.8 Å². The molecule has 0 atom stereocenters. The number of para-hydroxylation sites is 2. The van der Waals surface area contributed by atoms with Gasteiger partial charge in [0.1, 0.15) is 11.6 Å². The molecule has 0 amide bonds. The van der Waals surface area contributed by atoms with Gasteiger partial charge in [-0.3, -0.25) is 9.59 Å². The first-order valence-electron chi connectivity index (χ1n) is 9.16. The Morgan fingerprint density at radius 1 is 0.630 bits per heavy atom. The van der Waals surface area contributed by atoms with Crippen molar-refractivity contribution in [3.8, 4) is 0 Å². The standard InChI is InChI=1S/C21H20N4O2/c26-20-14-8-4-6-10-16(14)22-18(24-20)12-2-1-3-13-19-23-17-11-7-5-9-15(17)21(27)25-19/h4-11H,1-3,12-13H2,(H,22,24,26)(H,23,25,27). The number of fused-ring (bicyclic) bond motifs is 2. The van der Waals surface area contributed by atoms with Crippen LogP contribution in [-0.4, -0.2) is 19.9 Å². The van der Waals surface area contributed by atoms with Gasteiger partial charge < -0.3 is 9.97 Å².